The number of nitrogens with zero attached hydrogens (tertiary/aromatic N) is 1. The third kappa shape index (κ3) is 6.69. The Kier molecular flexibility index (Phi) is 6.44. The van der Waals surface area contributed by atoms with Gasteiger partial charge in [0.1, 0.15) is 0 Å². The molecule has 0 unspecified atom stereocenters. The highest BCUT2D eigenvalue weighted by molar-refractivity contribution is 7.92. The monoisotopic (exact) mass is 265 g/mol. The van der Waals surface area contributed by atoms with Gasteiger partial charge in [-0.3, -0.25) is 9.59 Å². The summed E-state index contributed by atoms with van der Waals surface area (Å²) in [6, 6.07) is 0. The lowest BCUT2D eigenvalue weighted by molar-refractivity contribution is -0.137. The maximum absolute atomic E-state index is 11.6. The van der Waals surface area contributed by atoms with Crippen molar-refractivity contribution in [1.29, 1.82) is 0 Å². The molecule has 0 heterocycles. The molecule has 2 N–H and O–H groups in total. The van der Waals surface area contributed by atoms with E-state index in [0.29, 0.717) is 0 Å². The molecule has 17 heavy (non-hydrogen) atoms. The highest BCUT2D eigenvalue weighted by Gasteiger charge is 2.20. The van der Waals surface area contributed by atoms with E-state index < -0.39 is 22.0 Å². The molecule has 0 aromatic carbocycles. The molecule has 0 radical (unpaired) electrons. The third-order valence-electron chi connectivity index (χ3n) is 1.82. The van der Waals surface area contributed by atoms with Gasteiger partial charge in [-0.25, -0.2) is 8.42 Å². The van der Waals surface area contributed by atoms with Crippen molar-refractivity contribution in [3.63, 3.8) is 0 Å². The molecule has 0 amide bonds. The second-order valence-electron chi connectivity index (χ2n) is 3.20. The van der Waals surface area contributed by atoms with Crippen molar-refractivity contribution in [3.05, 3.63) is 11.5 Å². The van der Waals surface area contributed by atoms with Crippen LogP contribution in [0.25, 0.3) is 0 Å². The molecule has 8 heteroatoms. The highest BCUT2D eigenvalue weighted by atomic mass is 32.2. The molecule has 0 aliphatic rings. The summed E-state index contributed by atoms with van der Waals surface area (Å²) in [6.45, 7) is 1.02. The second-order valence-corrected chi connectivity index (χ2v) is 5.02. The van der Waals surface area contributed by atoms with Crippen molar-refractivity contribution >= 4 is 22.0 Å². The molecular formula is C9H15NO6S. The van der Waals surface area contributed by atoms with Gasteiger partial charge in [-0.15, -0.1) is 0 Å². The van der Waals surface area contributed by atoms with E-state index in [1.807, 2.05) is 0 Å². The van der Waals surface area contributed by atoms with Crippen LogP contribution in [-0.4, -0.2) is 48.0 Å². The first-order valence-electron chi connectivity index (χ1n) is 4.86. The van der Waals surface area contributed by atoms with Gasteiger partial charge in [-0.05, 0) is 6.92 Å². The molecule has 0 bridgehead atoms. The number of carbonyl (C=O) groups is 2. The Hall–Kier alpha value is -1.41. The normalized spacial score (nSPS) is 12.1. The van der Waals surface area contributed by atoms with Gasteiger partial charge in [0.25, 0.3) is 0 Å². The van der Waals surface area contributed by atoms with Gasteiger partial charge in [0, 0.05) is 18.5 Å². The van der Waals surface area contributed by atoms with Gasteiger partial charge in [0.15, 0.2) is 0 Å². The molecule has 0 aromatic rings. The molecule has 0 atom stereocenters. The number of carboxylic acid groups (broad SMARTS) is 2. The first-order chi connectivity index (χ1) is 7.79. The van der Waals surface area contributed by atoms with Crippen LogP contribution in [0.1, 0.15) is 19.8 Å². The van der Waals surface area contributed by atoms with E-state index in [1.165, 1.54) is 13.0 Å². The number of hydrogen-bond acceptors (Lipinski definition) is 4. The van der Waals surface area contributed by atoms with Crippen LogP contribution in [0.5, 0.6) is 0 Å². The summed E-state index contributed by atoms with van der Waals surface area (Å²) in [5, 5.41) is 17.9. The van der Waals surface area contributed by atoms with Crippen molar-refractivity contribution in [2.24, 2.45) is 0 Å². The zero-order chi connectivity index (χ0) is 13.5. The Bertz CT molecular complexity index is 382. The number of carboxylic acids is 2. The Morgan fingerprint density at radius 3 is 1.82 bits per heavy atom. The fraction of sp³-hybridized carbons (Fsp3) is 0.556. The fourth-order valence-electron chi connectivity index (χ4n) is 1.07. The van der Waals surface area contributed by atoms with Crippen molar-refractivity contribution in [2.75, 3.05) is 13.1 Å². The first-order valence-corrected chi connectivity index (χ1v) is 6.36. The van der Waals surface area contributed by atoms with Crippen LogP contribution in [0, 0.1) is 0 Å². The van der Waals surface area contributed by atoms with Crippen molar-refractivity contribution < 1.29 is 28.2 Å². The number of allylic oxidation sites excluding steroid dienone is 1. The molecule has 0 rings (SSSR count). The predicted octanol–water partition coefficient (Wildman–Crippen LogP) is 0.101. The summed E-state index contributed by atoms with van der Waals surface area (Å²) in [7, 11) is -3.74. The number of hydrogen-bond donors (Lipinski definition) is 2. The Morgan fingerprint density at radius 2 is 1.53 bits per heavy atom. The lowest BCUT2D eigenvalue weighted by Crippen LogP contribution is -2.33. The SMILES string of the molecule is C/C=C/S(=O)(=O)N(CCC(=O)O)CCC(=O)O. The summed E-state index contributed by atoms with van der Waals surface area (Å²) >= 11 is 0. The topological polar surface area (TPSA) is 112 Å². The number of aliphatic carboxylic acids is 2. The Morgan fingerprint density at radius 1 is 1.12 bits per heavy atom. The van der Waals surface area contributed by atoms with Crippen molar-refractivity contribution in [1.82, 2.24) is 4.31 Å². The molecule has 0 aliphatic carbocycles. The molecule has 0 spiro atoms. The maximum Gasteiger partial charge on any atom is 0.304 e. The minimum Gasteiger partial charge on any atom is -0.481 e. The summed E-state index contributed by atoms with van der Waals surface area (Å²) in [5.41, 5.74) is 0. The van der Waals surface area contributed by atoms with Crippen LogP contribution >= 0.6 is 0 Å². The average Bonchev–Trinajstić information content (AvgIpc) is 2.15. The van der Waals surface area contributed by atoms with E-state index in [4.69, 9.17) is 10.2 Å². The molecule has 0 fully saturated rings. The predicted molar refractivity (Wildman–Crippen MR) is 59.8 cm³/mol. The summed E-state index contributed by atoms with van der Waals surface area (Å²) < 4.78 is 24.1. The second kappa shape index (κ2) is 7.02. The van der Waals surface area contributed by atoms with Gasteiger partial charge >= 0.3 is 11.9 Å². The minimum atomic E-state index is -3.74. The molecule has 0 aliphatic heterocycles. The summed E-state index contributed by atoms with van der Waals surface area (Å²) in [5.74, 6) is -2.28. The van der Waals surface area contributed by atoms with Gasteiger partial charge in [-0.2, -0.15) is 4.31 Å². The highest BCUT2D eigenvalue weighted by Crippen LogP contribution is 2.06. The van der Waals surface area contributed by atoms with Crippen LogP contribution in [0.15, 0.2) is 11.5 Å². The van der Waals surface area contributed by atoms with Crippen LogP contribution in [0.4, 0.5) is 0 Å². The fourth-order valence-corrected chi connectivity index (χ4v) is 2.27. The van der Waals surface area contributed by atoms with E-state index >= 15 is 0 Å². The molecule has 0 saturated carbocycles. The van der Waals surface area contributed by atoms with E-state index in [9.17, 15) is 18.0 Å². The standard InChI is InChI=1S/C9H15NO6S/c1-2-7-17(15,16)10(5-3-8(11)12)6-4-9(13)14/h2,7H,3-6H2,1H3,(H,11,12)(H,13,14)/b7-2+. The zero-order valence-corrected chi connectivity index (χ0v) is 10.2. The van der Waals surface area contributed by atoms with E-state index in [1.54, 1.807) is 0 Å². The summed E-state index contributed by atoms with van der Waals surface area (Å²) in [4.78, 5) is 20.7. The third-order valence-corrected chi connectivity index (χ3v) is 3.52. The molecular weight excluding hydrogens is 250 g/mol. The average molecular weight is 265 g/mol. The van der Waals surface area contributed by atoms with Gasteiger partial charge in [-0.1, -0.05) is 6.08 Å². The number of sulfonamides is 1. The van der Waals surface area contributed by atoms with Crippen LogP contribution in [-0.2, 0) is 19.6 Å². The first kappa shape index (κ1) is 15.6. The van der Waals surface area contributed by atoms with Crippen LogP contribution in [0.3, 0.4) is 0 Å². The molecule has 0 aromatic heterocycles. The summed E-state index contributed by atoms with van der Waals surface area (Å²) in [6.07, 6.45) is 0.566. The molecule has 0 saturated heterocycles. The Balaban J connectivity index is 4.71. The van der Waals surface area contributed by atoms with E-state index in [0.717, 1.165) is 9.71 Å². The smallest absolute Gasteiger partial charge is 0.304 e. The lowest BCUT2D eigenvalue weighted by Gasteiger charge is -2.18. The molecule has 7 nitrogen and oxygen atoms in total. The van der Waals surface area contributed by atoms with Crippen LogP contribution < -0.4 is 0 Å². The molecule has 98 valence electrons. The van der Waals surface area contributed by atoms with Gasteiger partial charge in [0.05, 0.1) is 12.8 Å². The van der Waals surface area contributed by atoms with Crippen molar-refractivity contribution in [3.8, 4) is 0 Å². The zero-order valence-electron chi connectivity index (χ0n) is 9.37. The van der Waals surface area contributed by atoms with E-state index in [-0.39, 0.29) is 25.9 Å². The van der Waals surface area contributed by atoms with Gasteiger partial charge in [0.2, 0.25) is 10.0 Å². The van der Waals surface area contributed by atoms with Gasteiger partial charge < -0.3 is 10.2 Å². The largest absolute Gasteiger partial charge is 0.481 e. The maximum atomic E-state index is 11.6. The minimum absolute atomic E-state index is 0.241. The quantitative estimate of drug-likeness (QED) is 0.643. The lowest BCUT2D eigenvalue weighted by atomic mass is 10.4. The van der Waals surface area contributed by atoms with Crippen molar-refractivity contribution in [2.45, 2.75) is 19.8 Å². The Labute approximate surface area is 99.4 Å². The van der Waals surface area contributed by atoms with E-state index in [2.05, 4.69) is 0 Å². The van der Waals surface area contributed by atoms with Crippen LogP contribution in [0.2, 0.25) is 0 Å². The number of rotatable bonds is 8.